The molecular weight excluding hydrogens is 427 g/mol. The molecule has 0 fully saturated rings. The van der Waals surface area contributed by atoms with Crippen molar-refractivity contribution in [3.63, 3.8) is 0 Å². The van der Waals surface area contributed by atoms with Crippen LogP contribution in [0.2, 0.25) is 0 Å². The van der Waals surface area contributed by atoms with Gasteiger partial charge in [-0.15, -0.1) is 11.1 Å². The average Bonchev–Trinajstić information content (AvgIpc) is 2.41. The van der Waals surface area contributed by atoms with E-state index in [9.17, 15) is 0 Å². The van der Waals surface area contributed by atoms with Gasteiger partial charge in [0.15, 0.2) is 0 Å². The molecule has 0 aliphatic rings. The molecule has 0 atom stereocenters. The SMILES string of the molecule is CC(C)[PH+](Cc1[c-]c(C[PH+](C(C)C)C(C)C)ccc1)C(C)C.[CH3-].[CH3-].[RuH+3]. The van der Waals surface area contributed by atoms with Gasteiger partial charge >= 0.3 is 19.5 Å². The van der Waals surface area contributed by atoms with Crippen molar-refractivity contribution in [2.45, 2.75) is 90.3 Å². The molecular formula is C22H44P2Ru+2. The van der Waals surface area contributed by atoms with E-state index in [1.165, 1.54) is 23.5 Å². The molecule has 1 radical (unpaired) electrons. The van der Waals surface area contributed by atoms with E-state index >= 15 is 0 Å². The Morgan fingerprint density at radius 1 is 0.680 bits per heavy atom. The van der Waals surface area contributed by atoms with Crippen LogP contribution < -0.4 is 0 Å². The van der Waals surface area contributed by atoms with Crippen molar-refractivity contribution in [3.8, 4) is 0 Å². The molecule has 0 N–H and O–H groups in total. The molecule has 1 rings (SSSR count). The van der Waals surface area contributed by atoms with E-state index in [0.717, 1.165) is 22.6 Å². The monoisotopic (exact) mass is 472 g/mol. The van der Waals surface area contributed by atoms with Gasteiger partial charge in [-0.05, 0) is 55.4 Å². The summed E-state index contributed by atoms with van der Waals surface area (Å²) >= 11 is 0. The van der Waals surface area contributed by atoms with E-state index in [1.807, 2.05) is 0 Å². The van der Waals surface area contributed by atoms with Crippen molar-refractivity contribution >= 4 is 15.8 Å². The number of rotatable bonds is 8. The second kappa shape index (κ2) is 14.7. The van der Waals surface area contributed by atoms with Crippen LogP contribution in [0.3, 0.4) is 0 Å². The van der Waals surface area contributed by atoms with Gasteiger partial charge < -0.3 is 14.9 Å². The second-order valence-corrected chi connectivity index (χ2v) is 15.4. The zero-order valence-corrected chi connectivity index (χ0v) is 22.2. The minimum atomic E-state index is -0.331. The van der Waals surface area contributed by atoms with Crippen molar-refractivity contribution in [1.82, 2.24) is 0 Å². The first-order chi connectivity index (χ1) is 10.2. The van der Waals surface area contributed by atoms with Gasteiger partial charge in [-0.2, -0.15) is 24.3 Å². The molecule has 0 amide bonds. The fourth-order valence-corrected chi connectivity index (χ4v) is 8.96. The molecule has 0 heterocycles. The number of hydrogen-bond acceptors (Lipinski definition) is 0. The molecule has 148 valence electrons. The standard InChI is InChI=1S/C20H35P2.2CH3.Ru.H/c1-15(2)21(16(3)4)13-19-10-9-11-20(12-19)14-22(17(5)6)18(7)8;;;;/h9-11,15-18H,13-14H2,1-8H3;2*1H3;;/q3*-1;+3;/p+2. The van der Waals surface area contributed by atoms with E-state index in [-0.39, 0.29) is 50.2 Å². The maximum atomic E-state index is 3.78. The third-order valence-corrected chi connectivity index (χ3v) is 12.2. The Labute approximate surface area is 175 Å². The van der Waals surface area contributed by atoms with Crippen molar-refractivity contribution < 1.29 is 19.5 Å². The van der Waals surface area contributed by atoms with E-state index < -0.39 is 0 Å². The topological polar surface area (TPSA) is 0 Å². The summed E-state index contributed by atoms with van der Waals surface area (Å²) in [4.78, 5) is 0. The van der Waals surface area contributed by atoms with Crippen LogP contribution in [-0.2, 0) is 31.8 Å². The first-order valence-corrected chi connectivity index (χ1v) is 12.7. The van der Waals surface area contributed by atoms with Crippen LogP contribution in [0.15, 0.2) is 18.2 Å². The molecule has 0 nitrogen and oxygen atoms in total. The maximum absolute atomic E-state index is 3.78. The first kappa shape index (κ1) is 30.4. The van der Waals surface area contributed by atoms with Crippen LogP contribution >= 0.6 is 15.8 Å². The van der Waals surface area contributed by atoms with E-state index in [2.05, 4.69) is 79.7 Å². The molecule has 0 aromatic heterocycles. The Balaban J connectivity index is -0.00000161. The Morgan fingerprint density at radius 3 is 1.20 bits per heavy atom. The van der Waals surface area contributed by atoms with Gasteiger partial charge in [0.05, 0.1) is 35.0 Å². The molecule has 1 aromatic carbocycles. The summed E-state index contributed by atoms with van der Waals surface area (Å²) in [5.41, 5.74) is 6.28. The summed E-state index contributed by atoms with van der Waals surface area (Å²) < 4.78 is 0. The molecule has 0 aliphatic carbocycles. The Morgan fingerprint density at radius 2 is 0.960 bits per heavy atom. The molecule has 0 unspecified atom stereocenters. The van der Waals surface area contributed by atoms with Gasteiger partial charge in [0.2, 0.25) is 0 Å². The van der Waals surface area contributed by atoms with Crippen molar-refractivity contribution in [2.24, 2.45) is 0 Å². The van der Waals surface area contributed by atoms with E-state index in [4.69, 9.17) is 0 Å². The van der Waals surface area contributed by atoms with Gasteiger partial charge in [-0.1, -0.05) is 0 Å². The van der Waals surface area contributed by atoms with Crippen LogP contribution in [0.5, 0.6) is 0 Å². The molecule has 3 heteroatoms. The van der Waals surface area contributed by atoms with Crippen molar-refractivity contribution in [3.05, 3.63) is 50.2 Å². The van der Waals surface area contributed by atoms with Crippen molar-refractivity contribution in [1.29, 1.82) is 0 Å². The number of benzene rings is 1. The van der Waals surface area contributed by atoms with Gasteiger partial charge in [0.1, 0.15) is 0 Å². The minimum absolute atomic E-state index is 0. The van der Waals surface area contributed by atoms with Crippen LogP contribution in [0.1, 0.15) is 66.5 Å². The Bertz CT molecular complexity index is 388. The molecule has 0 saturated heterocycles. The van der Waals surface area contributed by atoms with Gasteiger partial charge in [0.25, 0.3) is 0 Å². The van der Waals surface area contributed by atoms with E-state index in [1.54, 1.807) is 0 Å². The average molecular weight is 472 g/mol. The van der Waals surface area contributed by atoms with Crippen molar-refractivity contribution in [2.75, 3.05) is 0 Å². The fourth-order valence-electron chi connectivity index (χ4n) is 3.37. The van der Waals surface area contributed by atoms with Gasteiger partial charge in [0, 0.05) is 15.8 Å². The van der Waals surface area contributed by atoms with Gasteiger partial charge in [-0.25, -0.2) is 0 Å². The van der Waals surface area contributed by atoms with Crippen LogP contribution in [0.25, 0.3) is 0 Å². The molecule has 0 aliphatic heterocycles. The summed E-state index contributed by atoms with van der Waals surface area (Å²) in [7, 11) is -0.661. The predicted molar refractivity (Wildman–Crippen MR) is 124 cm³/mol. The zero-order chi connectivity index (χ0) is 16.9. The quantitative estimate of drug-likeness (QED) is 0.214. The summed E-state index contributed by atoms with van der Waals surface area (Å²) in [5, 5.41) is 0. The zero-order valence-electron chi connectivity index (χ0n) is 18.3. The third-order valence-electron chi connectivity index (χ3n) is 4.67. The van der Waals surface area contributed by atoms with Crippen LogP contribution in [0, 0.1) is 20.9 Å². The molecule has 1 aromatic rings. The summed E-state index contributed by atoms with van der Waals surface area (Å²) in [6.07, 6.45) is 2.55. The second-order valence-electron chi connectivity index (χ2n) is 7.82. The summed E-state index contributed by atoms with van der Waals surface area (Å²) in [5.74, 6) is 0. The summed E-state index contributed by atoms with van der Waals surface area (Å²) in [6, 6.07) is 10.6. The Hall–Kier alpha value is 0.703. The normalized spacial score (nSPS) is 11.1. The molecule has 0 saturated carbocycles. The number of hydrogen-bond donors (Lipinski definition) is 0. The predicted octanol–water partition coefficient (Wildman–Crippen LogP) is 7.18. The summed E-state index contributed by atoms with van der Waals surface area (Å²) in [6.45, 7) is 19.2. The Kier molecular flexibility index (Phi) is 17.9. The van der Waals surface area contributed by atoms with Crippen LogP contribution in [-0.4, -0.2) is 22.6 Å². The molecule has 25 heavy (non-hydrogen) atoms. The first-order valence-electron chi connectivity index (χ1n) is 8.93. The fraction of sp³-hybridized carbons (Fsp3) is 0.636. The third kappa shape index (κ3) is 10.6. The molecule has 0 spiro atoms. The van der Waals surface area contributed by atoms with Gasteiger partial charge in [-0.3, -0.25) is 0 Å². The molecule has 0 bridgehead atoms. The van der Waals surface area contributed by atoms with E-state index in [0.29, 0.717) is 0 Å². The van der Waals surface area contributed by atoms with Crippen LogP contribution in [0.4, 0.5) is 0 Å².